The van der Waals surface area contributed by atoms with Gasteiger partial charge in [0.1, 0.15) is 0 Å². The Morgan fingerprint density at radius 3 is 2.14 bits per heavy atom. The molecule has 2 N–H and O–H groups in total. The lowest BCUT2D eigenvalue weighted by Gasteiger charge is -2.49. The first-order valence-corrected chi connectivity index (χ1v) is 9.39. The number of hydrogen-bond donors (Lipinski definition) is 1. The Hall–Kier alpha value is -0.0800. The van der Waals surface area contributed by atoms with E-state index in [1.54, 1.807) is 0 Å². The number of likely N-dealkylation sites (tertiary alicyclic amines) is 1. The molecule has 1 saturated heterocycles. The van der Waals surface area contributed by atoms with Crippen LogP contribution in [-0.2, 0) is 0 Å². The van der Waals surface area contributed by atoms with Crippen molar-refractivity contribution >= 4 is 0 Å². The van der Waals surface area contributed by atoms with Gasteiger partial charge in [-0.1, -0.05) is 33.6 Å². The number of nitrogens with zero attached hydrogens (tertiary/aromatic N) is 1. The molecule has 3 aliphatic rings. The van der Waals surface area contributed by atoms with Gasteiger partial charge < -0.3 is 5.73 Å². The average molecular weight is 293 g/mol. The first-order valence-electron chi connectivity index (χ1n) is 9.39. The van der Waals surface area contributed by atoms with Crippen LogP contribution in [0.2, 0.25) is 0 Å². The standard InChI is InChI=1S/C19H36N2/c1-18(2,3)15-6-7-16(20)17(14-15)21-12-10-19(11-13-21)8-4-5-9-19/h15-17H,4-14,20H2,1-3H3. The summed E-state index contributed by atoms with van der Waals surface area (Å²) in [5.74, 6) is 0.852. The van der Waals surface area contributed by atoms with Crippen molar-refractivity contribution in [3.8, 4) is 0 Å². The van der Waals surface area contributed by atoms with Gasteiger partial charge in [-0.2, -0.15) is 0 Å². The minimum absolute atomic E-state index is 0.418. The SMILES string of the molecule is CC(C)(C)C1CCC(N)C(N2CCC3(CCCC3)CC2)C1. The van der Waals surface area contributed by atoms with Crippen LogP contribution in [-0.4, -0.2) is 30.1 Å². The molecule has 2 aliphatic carbocycles. The van der Waals surface area contributed by atoms with Crippen molar-refractivity contribution in [2.45, 2.75) is 90.6 Å². The molecule has 3 fully saturated rings. The first-order chi connectivity index (χ1) is 9.90. The van der Waals surface area contributed by atoms with Crippen molar-refractivity contribution in [3.63, 3.8) is 0 Å². The molecule has 3 unspecified atom stereocenters. The van der Waals surface area contributed by atoms with E-state index in [-0.39, 0.29) is 0 Å². The van der Waals surface area contributed by atoms with Crippen LogP contribution in [0.5, 0.6) is 0 Å². The molecule has 2 heteroatoms. The highest BCUT2D eigenvalue weighted by molar-refractivity contribution is 4.97. The molecule has 0 amide bonds. The zero-order valence-corrected chi connectivity index (χ0v) is 14.5. The number of hydrogen-bond acceptors (Lipinski definition) is 2. The molecular weight excluding hydrogens is 256 g/mol. The van der Waals surface area contributed by atoms with E-state index in [0.717, 1.165) is 11.3 Å². The normalized spacial score (nSPS) is 38.0. The van der Waals surface area contributed by atoms with E-state index in [0.29, 0.717) is 17.5 Å². The summed E-state index contributed by atoms with van der Waals surface area (Å²) in [6, 6.07) is 1.07. The van der Waals surface area contributed by atoms with E-state index in [1.807, 2.05) is 0 Å². The Morgan fingerprint density at radius 2 is 1.57 bits per heavy atom. The van der Waals surface area contributed by atoms with E-state index in [9.17, 15) is 0 Å². The second-order valence-corrected chi connectivity index (χ2v) is 9.35. The molecular formula is C19H36N2. The van der Waals surface area contributed by atoms with E-state index in [1.165, 1.54) is 70.9 Å². The molecule has 0 aromatic carbocycles. The van der Waals surface area contributed by atoms with Gasteiger partial charge in [0.25, 0.3) is 0 Å². The lowest BCUT2D eigenvalue weighted by molar-refractivity contribution is 0.0241. The van der Waals surface area contributed by atoms with Crippen LogP contribution in [0, 0.1) is 16.7 Å². The topological polar surface area (TPSA) is 29.3 Å². The second kappa shape index (κ2) is 5.85. The highest BCUT2D eigenvalue weighted by Gasteiger charge is 2.42. The van der Waals surface area contributed by atoms with E-state index < -0.39 is 0 Å². The number of nitrogens with two attached hydrogens (primary N) is 1. The van der Waals surface area contributed by atoms with Gasteiger partial charge in [0, 0.05) is 12.1 Å². The summed E-state index contributed by atoms with van der Waals surface area (Å²) < 4.78 is 0. The van der Waals surface area contributed by atoms with Crippen molar-refractivity contribution < 1.29 is 0 Å². The van der Waals surface area contributed by atoms with Gasteiger partial charge in [-0.25, -0.2) is 0 Å². The summed E-state index contributed by atoms with van der Waals surface area (Å²) in [6.45, 7) is 9.87. The fourth-order valence-corrected chi connectivity index (χ4v) is 5.33. The van der Waals surface area contributed by atoms with Crippen molar-refractivity contribution in [1.82, 2.24) is 4.90 Å². The van der Waals surface area contributed by atoms with Crippen LogP contribution >= 0.6 is 0 Å². The molecule has 1 aliphatic heterocycles. The third-order valence-corrected chi connectivity index (χ3v) is 7.09. The first kappa shape index (κ1) is 15.8. The van der Waals surface area contributed by atoms with Crippen LogP contribution in [0.4, 0.5) is 0 Å². The van der Waals surface area contributed by atoms with Crippen LogP contribution in [0.15, 0.2) is 0 Å². The summed E-state index contributed by atoms with van der Waals surface area (Å²) in [7, 11) is 0. The molecule has 0 bridgehead atoms. The van der Waals surface area contributed by atoms with Gasteiger partial charge in [0.05, 0.1) is 0 Å². The summed E-state index contributed by atoms with van der Waals surface area (Å²) in [6.07, 6.45) is 12.7. The second-order valence-electron chi connectivity index (χ2n) is 9.35. The maximum Gasteiger partial charge on any atom is 0.0250 e. The predicted octanol–water partition coefficient (Wildman–Crippen LogP) is 4.18. The van der Waals surface area contributed by atoms with Crippen molar-refractivity contribution in [2.24, 2.45) is 22.5 Å². The molecule has 3 rings (SSSR count). The van der Waals surface area contributed by atoms with E-state index in [4.69, 9.17) is 5.73 Å². The maximum atomic E-state index is 6.52. The zero-order valence-electron chi connectivity index (χ0n) is 14.5. The molecule has 1 heterocycles. The Labute approximate surface area is 131 Å². The summed E-state index contributed by atoms with van der Waals surface area (Å²) >= 11 is 0. The minimum Gasteiger partial charge on any atom is -0.326 e. The molecule has 21 heavy (non-hydrogen) atoms. The van der Waals surface area contributed by atoms with Gasteiger partial charge in [0.2, 0.25) is 0 Å². The molecule has 1 spiro atoms. The largest absolute Gasteiger partial charge is 0.326 e. The Balaban J connectivity index is 1.60. The highest BCUT2D eigenvalue weighted by Crippen LogP contribution is 2.47. The van der Waals surface area contributed by atoms with Crippen molar-refractivity contribution in [3.05, 3.63) is 0 Å². The van der Waals surface area contributed by atoms with E-state index >= 15 is 0 Å². The summed E-state index contributed by atoms with van der Waals surface area (Å²) in [5, 5.41) is 0. The molecule has 2 saturated carbocycles. The Kier molecular flexibility index (Phi) is 4.40. The van der Waals surface area contributed by atoms with E-state index in [2.05, 4.69) is 25.7 Å². The molecule has 122 valence electrons. The van der Waals surface area contributed by atoms with Gasteiger partial charge in [-0.15, -0.1) is 0 Å². The average Bonchev–Trinajstić information content (AvgIpc) is 2.88. The Morgan fingerprint density at radius 1 is 0.952 bits per heavy atom. The minimum atomic E-state index is 0.418. The summed E-state index contributed by atoms with van der Waals surface area (Å²) in [5.41, 5.74) is 7.70. The highest BCUT2D eigenvalue weighted by atomic mass is 15.2. The monoisotopic (exact) mass is 292 g/mol. The van der Waals surface area contributed by atoms with Gasteiger partial charge >= 0.3 is 0 Å². The van der Waals surface area contributed by atoms with Crippen LogP contribution < -0.4 is 5.73 Å². The van der Waals surface area contributed by atoms with Crippen molar-refractivity contribution in [2.75, 3.05) is 13.1 Å². The molecule has 0 radical (unpaired) electrons. The van der Waals surface area contributed by atoms with Crippen molar-refractivity contribution in [1.29, 1.82) is 0 Å². The third-order valence-electron chi connectivity index (χ3n) is 7.09. The van der Waals surface area contributed by atoms with Crippen LogP contribution in [0.25, 0.3) is 0 Å². The fraction of sp³-hybridized carbons (Fsp3) is 1.00. The maximum absolute atomic E-state index is 6.52. The lowest BCUT2D eigenvalue weighted by Crippen LogP contribution is -2.55. The smallest absolute Gasteiger partial charge is 0.0250 e. The number of piperidine rings is 1. The fourth-order valence-electron chi connectivity index (χ4n) is 5.33. The lowest BCUT2D eigenvalue weighted by atomic mass is 9.68. The number of rotatable bonds is 1. The Bertz CT molecular complexity index is 341. The molecule has 0 aromatic rings. The van der Waals surface area contributed by atoms with Gasteiger partial charge in [-0.3, -0.25) is 4.90 Å². The van der Waals surface area contributed by atoms with Crippen LogP contribution in [0.1, 0.15) is 78.6 Å². The zero-order chi connectivity index (χ0) is 15.1. The predicted molar refractivity (Wildman–Crippen MR) is 90.3 cm³/mol. The summed E-state index contributed by atoms with van der Waals surface area (Å²) in [4.78, 5) is 2.77. The van der Waals surface area contributed by atoms with Gasteiger partial charge in [0.15, 0.2) is 0 Å². The van der Waals surface area contributed by atoms with Gasteiger partial charge in [-0.05, 0) is 74.8 Å². The molecule has 2 nitrogen and oxygen atoms in total. The van der Waals surface area contributed by atoms with Crippen LogP contribution in [0.3, 0.4) is 0 Å². The quantitative estimate of drug-likeness (QED) is 0.785. The third kappa shape index (κ3) is 3.32. The molecule has 3 atom stereocenters. The molecule has 0 aromatic heterocycles.